The van der Waals surface area contributed by atoms with Gasteiger partial charge in [0.2, 0.25) is 0 Å². The smallest absolute Gasteiger partial charge is 0.307 e. The number of carboxylic acid groups (broad SMARTS) is 1. The third kappa shape index (κ3) is 1.32. The number of nitrogens with zero attached hydrogens (tertiary/aromatic N) is 2. The molecule has 1 aliphatic carbocycles. The first-order valence-electron chi connectivity index (χ1n) is 6.09. The minimum atomic E-state index is -0.722. The molecule has 94 valence electrons. The van der Waals surface area contributed by atoms with E-state index < -0.39 is 5.97 Å². The molecule has 1 fully saturated rings. The van der Waals surface area contributed by atoms with E-state index in [0.29, 0.717) is 0 Å². The number of carboxylic acids is 1. The summed E-state index contributed by atoms with van der Waals surface area (Å²) in [5, 5.41) is 14.9. The summed E-state index contributed by atoms with van der Waals surface area (Å²) >= 11 is 0. The number of hydrogen-bond acceptors (Lipinski definition) is 2. The molecule has 1 aliphatic rings. The van der Waals surface area contributed by atoms with Gasteiger partial charge < -0.3 is 5.11 Å². The average Bonchev–Trinajstić information content (AvgIpc) is 2.73. The molecule has 4 nitrogen and oxygen atoms in total. The van der Waals surface area contributed by atoms with Gasteiger partial charge in [-0.1, -0.05) is 32.0 Å². The van der Waals surface area contributed by atoms with Crippen LogP contribution in [0.4, 0.5) is 0 Å². The van der Waals surface area contributed by atoms with E-state index in [1.54, 1.807) is 0 Å². The van der Waals surface area contributed by atoms with Gasteiger partial charge in [0.1, 0.15) is 0 Å². The normalized spacial score (nSPS) is 25.3. The van der Waals surface area contributed by atoms with E-state index in [9.17, 15) is 9.90 Å². The Hall–Kier alpha value is -1.84. The van der Waals surface area contributed by atoms with Crippen molar-refractivity contribution < 1.29 is 9.90 Å². The van der Waals surface area contributed by atoms with Crippen LogP contribution in [-0.2, 0) is 11.8 Å². The Bertz CT molecular complexity index is 642. The summed E-state index contributed by atoms with van der Waals surface area (Å²) < 4.78 is 1.83. The summed E-state index contributed by atoms with van der Waals surface area (Å²) in [4.78, 5) is 11.3. The second-order valence-electron chi connectivity index (χ2n) is 5.64. The molecule has 2 atom stereocenters. The zero-order valence-corrected chi connectivity index (χ0v) is 10.7. The van der Waals surface area contributed by atoms with Crippen molar-refractivity contribution >= 4 is 16.9 Å². The lowest BCUT2D eigenvalue weighted by Crippen LogP contribution is -2.03. The third-order valence-electron chi connectivity index (χ3n) is 4.17. The number of aryl methyl sites for hydroxylation is 1. The fraction of sp³-hybridized carbons (Fsp3) is 0.429. The minimum absolute atomic E-state index is 0.0149. The molecular weight excluding hydrogens is 228 g/mol. The van der Waals surface area contributed by atoms with Gasteiger partial charge in [-0.05, 0) is 11.5 Å². The van der Waals surface area contributed by atoms with Crippen LogP contribution < -0.4 is 0 Å². The molecule has 0 unspecified atom stereocenters. The molecule has 1 saturated carbocycles. The van der Waals surface area contributed by atoms with Gasteiger partial charge in [0.15, 0.2) is 0 Å². The van der Waals surface area contributed by atoms with Gasteiger partial charge in [-0.25, -0.2) is 0 Å². The van der Waals surface area contributed by atoms with Crippen LogP contribution >= 0.6 is 0 Å². The SMILES string of the molecule is Cn1nc([C@@H]2[C@@H](C(=O)O)C2(C)C)c2ccccc21. The van der Waals surface area contributed by atoms with Gasteiger partial charge in [-0.15, -0.1) is 0 Å². The number of benzene rings is 1. The highest BCUT2D eigenvalue weighted by Gasteiger charge is 2.64. The van der Waals surface area contributed by atoms with E-state index in [2.05, 4.69) is 5.10 Å². The van der Waals surface area contributed by atoms with Crippen LogP contribution in [-0.4, -0.2) is 20.9 Å². The van der Waals surface area contributed by atoms with Crippen molar-refractivity contribution in [1.82, 2.24) is 9.78 Å². The lowest BCUT2D eigenvalue weighted by molar-refractivity contribution is -0.139. The molecule has 18 heavy (non-hydrogen) atoms. The van der Waals surface area contributed by atoms with Gasteiger partial charge in [0, 0.05) is 18.4 Å². The Morgan fingerprint density at radius 2 is 2.06 bits per heavy atom. The second-order valence-corrected chi connectivity index (χ2v) is 5.64. The Kier molecular flexibility index (Phi) is 2.09. The van der Waals surface area contributed by atoms with Gasteiger partial charge in [-0.3, -0.25) is 9.48 Å². The molecule has 0 bridgehead atoms. The first-order chi connectivity index (χ1) is 8.44. The minimum Gasteiger partial charge on any atom is -0.481 e. The maximum atomic E-state index is 11.3. The highest BCUT2D eigenvalue weighted by molar-refractivity contribution is 5.86. The molecule has 1 aromatic carbocycles. The number of aromatic nitrogens is 2. The van der Waals surface area contributed by atoms with E-state index in [-0.39, 0.29) is 17.3 Å². The molecule has 0 amide bonds. The maximum Gasteiger partial charge on any atom is 0.307 e. The summed E-state index contributed by atoms with van der Waals surface area (Å²) in [5.74, 6) is -1.03. The summed E-state index contributed by atoms with van der Waals surface area (Å²) in [6, 6.07) is 7.97. The molecule has 0 aliphatic heterocycles. The van der Waals surface area contributed by atoms with Gasteiger partial charge in [0.25, 0.3) is 0 Å². The number of aliphatic carboxylic acids is 1. The van der Waals surface area contributed by atoms with E-state index >= 15 is 0 Å². The Morgan fingerprint density at radius 1 is 1.39 bits per heavy atom. The van der Waals surface area contributed by atoms with Crippen molar-refractivity contribution in [2.45, 2.75) is 19.8 Å². The monoisotopic (exact) mass is 244 g/mol. The maximum absolute atomic E-state index is 11.3. The number of rotatable bonds is 2. The molecule has 1 heterocycles. The molecular formula is C14H16N2O2. The largest absolute Gasteiger partial charge is 0.481 e. The first kappa shape index (κ1) is 11.3. The van der Waals surface area contributed by atoms with Crippen LogP contribution in [0.3, 0.4) is 0 Å². The molecule has 0 saturated heterocycles. The molecule has 0 radical (unpaired) electrons. The number of carbonyl (C=O) groups is 1. The summed E-state index contributed by atoms with van der Waals surface area (Å²) in [7, 11) is 1.90. The van der Waals surface area contributed by atoms with Gasteiger partial charge in [0.05, 0.1) is 17.1 Å². The van der Waals surface area contributed by atoms with E-state index in [0.717, 1.165) is 16.6 Å². The molecule has 1 aromatic heterocycles. The van der Waals surface area contributed by atoms with Crippen LogP contribution in [0.1, 0.15) is 25.5 Å². The number of fused-ring (bicyclic) bond motifs is 1. The zero-order valence-electron chi connectivity index (χ0n) is 10.7. The number of para-hydroxylation sites is 1. The first-order valence-corrected chi connectivity index (χ1v) is 6.09. The topological polar surface area (TPSA) is 55.1 Å². The van der Waals surface area contributed by atoms with E-state index in [1.165, 1.54) is 0 Å². The van der Waals surface area contributed by atoms with Gasteiger partial charge >= 0.3 is 5.97 Å². The van der Waals surface area contributed by atoms with Crippen molar-refractivity contribution in [3.05, 3.63) is 30.0 Å². The Labute approximate surface area is 105 Å². The van der Waals surface area contributed by atoms with Crippen LogP contribution in [0.5, 0.6) is 0 Å². The molecule has 1 N–H and O–H groups in total. The Balaban J connectivity index is 2.15. The average molecular weight is 244 g/mol. The molecule has 0 spiro atoms. The highest BCUT2D eigenvalue weighted by Crippen LogP contribution is 2.64. The predicted octanol–water partition coefficient (Wildman–Crippen LogP) is 2.40. The van der Waals surface area contributed by atoms with Gasteiger partial charge in [-0.2, -0.15) is 5.10 Å². The lowest BCUT2D eigenvalue weighted by Gasteiger charge is -1.99. The van der Waals surface area contributed by atoms with Crippen LogP contribution in [0, 0.1) is 11.3 Å². The zero-order chi connectivity index (χ0) is 13.1. The van der Waals surface area contributed by atoms with Crippen molar-refractivity contribution in [2.75, 3.05) is 0 Å². The fourth-order valence-electron chi connectivity index (χ4n) is 3.08. The van der Waals surface area contributed by atoms with Crippen molar-refractivity contribution in [2.24, 2.45) is 18.4 Å². The van der Waals surface area contributed by atoms with Crippen LogP contribution in [0.25, 0.3) is 10.9 Å². The molecule has 3 rings (SSSR count). The quantitative estimate of drug-likeness (QED) is 0.882. The van der Waals surface area contributed by atoms with E-state index in [1.807, 2.05) is 49.8 Å². The fourth-order valence-corrected chi connectivity index (χ4v) is 3.08. The standard InChI is InChI=1S/C14H16N2O2/c1-14(2)10(11(14)13(17)18)12-8-6-4-5-7-9(8)16(3)15-12/h4-7,10-11H,1-3H3,(H,17,18)/t10-,11-/m0/s1. The summed E-state index contributed by atoms with van der Waals surface area (Å²) in [6.07, 6.45) is 0. The van der Waals surface area contributed by atoms with Crippen molar-refractivity contribution in [3.63, 3.8) is 0 Å². The summed E-state index contributed by atoms with van der Waals surface area (Å²) in [5.41, 5.74) is 1.77. The van der Waals surface area contributed by atoms with E-state index in [4.69, 9.17) is 0 Å². The van der Waals surface area contributed by atoms with Crippen molar-refractivity contribution in [1.29, 1.82) is 0 Å². The molecule has 4 heteroatoms. The second kappa shape index (κ2) is 3.34. The van der Waals surface area contributed by atoms with Crippen molar-refractivity contribution in [3.8, 4) is 0 Å². The predicted molar refractivity (Wildman–Crippen MR) is 68.4 cm³/mol. The van der Waals surface area contributed by atoms with Crippen LogP contribution in [0.2, 0.25) is 0 Å². The third-order valence-corrected chi connectivity index (χ3v) is 4.17. The summed E-state index contributed by atoms with van der Waals surface area (Å²) in [6.45, 7) is 4.00. The lowest BCUT2D eigenvalue weighted by atomic mass is 10.1. The highest BCUT2D eigenvalue weighted by atomic mass is 16.4. The Morgan fingerprint density at radius 3 is 2.67 bits per heavy atom. The van der Waals surface area contributed by atoms with Crippen LogP contribution in [0.15, 0.2) is 24.3 Å². The number of hydrogen-bond donors (Lipinski definition) is 1. The molecule has 2 aromatic rings.